The van der Waals surface area contributed by atoms with Crippen molar-refractivity contribution in [1.29, 1.82) is 0 Å². The molecule has 2 atom stereocenters. The number of carboxylic acid groups (broad SMARTS) is 1. The van der Waals surface area contributed by atoms with Crippen molar-refractivity contribution in [1.82, 2.24) is 9.80 Å². The van der Waals surface area contributed by atoms with Gasteiger partial charge >= 0.3 is 5.97 Å². The van der Waals surface area contributed by atoms with Gasteiger partial charge in [-0.05, 0) is 44.3 Å². The molecule has 4 rings (SSSR count). The Labute approximate surface area is 155 Å². The standard InChI is InChI=1S/C21H28N2O3/c24-19(25)18-15-22(14-17(18)16-8-2-1-3-9-16)20(26)21(10-4-5-11-21)23-12-6-7-13-23/h1-3,8-9,17-18H,4-7,10-15H2,(H,24,25)/t17-,18+/m0/s1. The fourth-order valence-corrected chi connectivity index (χ4v) is 5.32. The van der Waals surface area contributed by atoms with Crippen molar-refractivity contribution in [3.8, 4) is 0 Å². The molecule has 1 amide bonds. The van der Waals surface area contributed by atoms with E-state index in [0.717, 1.165) is 44.3 Å². The maximum atomic E-state index is 13.6. The quantitative estimate of drug-likeness (QED) is 0.901. The Balaban J connectivity index is 1.59. The van der Waals surface area contributed by atoms with E-state index in [9.17, 15) is 14.7 Å². The monoisotopic (exact) mass is 356 g/mol. The minimum Gasteiger partial charge on any atom is -0.481 e. The normalized spacial score (nSPS) is 28.5. The maximum absolute atomic E-state index is 13.6. The van der Waals surface area contributed by atoms with Gasteiger partial charge in [0.05, 0.1) is 5.92 Å². The van der Waals surface area contributed by atoms with Crippen molar-refractivity contribution in [2.24, 2.45) is 5.92 Å². The second kappa shape index (κ2) is 7.03. The van der Waals surface area contributed by atoms with Crippen LogP contribution in [0, 0.1) is 5.92 Å². The van der Waals surface area contributed by atoms with Gasteiger partial charge in [-0.2, -0.15) is 0 Å². The summed E-state index contributed by atoms with van der Waals surface area (Å²) < 4.78 is 0. The van der Waals surface area contributed by atoms with Crippen LogP contribution in [0.5, 0.6) is 0 Å². The molecule has 0 aromatic heterocycles. The largest absolute Gasteiger partial charge is 0.481 e. The lowest BCUT2D eigenvalue weighted by molar-refractivity contribution is -0.144. The van der Waals surface area contributed by atoms with Gasteiger partial charge in [-0.3, -0.25) is 14.5 Å². The summed E-state index contributed by atoms with van der Waals surface area (Å²) >= 11 is 0. The molecular weight excluding hydrogens is 328 g/mol. The smallest absolute Gasteiger partial charge is 0.308 e. The molecule has 1 aromatic rings. The predicted molar refractivity (Wildman–Crippen MR) is 98.9 cm³/mol. The van der Waals surface area contributed by atoms with Crippen molar-refractivity contribution < 1.29 is 14.7 Å². The summed E-state index contributed by atoms with van der Waals surface area (Å²) in [5.74, 6) is -1.24. The molecule has 2 aliphatic heterocycles. The first-order valence-electron chi connectivity index (χ1n) is 9.94. The number of carbonyl (C=O) groups is 2. The van der Waals surface area contributed by atoms with E-state index in [1.165, 1.54) is 12.8 Å². The minimum absolute atomic E-state index is 0.116. The van der Waals surface area contributed by atoms with E-state index in [-0.39, 0.29) is 17.4 Å². The Kier molecular flexibility index (Phi) is 4.74. The van der Waals surface area contributed by atoms with Gasteiger partial charge in [0.25, 0.3) is 0 Å². The molecule has 2 heterocycles. The van der Waals surface area contributed by atoms with Gasteiger partial charge in [-0.1, -0.05) is 43.2 Å². The number of aliphatic carboxylic acids is 1. The lowest BCUT2D eigenvalue weighted by atomic mass is 9.89. The number of hydrogen-bond donors (Lipinski definition) is 1. The molecule has 5 heteroatoms. The highest BCUT2D eigenvalue weighted by Crippen LogP contribution is 2.41. The van der Waals surface area contributed by atoms with Crippen LogP contribution in [-0.2, 0) is 9.59 Å². The molecule has 0 spiro atoms. The van der Waals surface area contributed by atoms with Gasteiger partial charge in [0.15, 0.2) is 0 Å². The molecule has 2 saturated heterocycles. The van der Waals surface area contributed by atoms with E-state index in [2.05, 4.69) is 4.90 Å². The number of hydrogen-bond acceptors (Lipinski definition) is 3. The van der Waals surface area contributed by atoms with E-state index in [1.807, 2.05) is 35.2 Å². The van der Waals surface area contributed by atoms with Gasteiger partial charge in [0.1, 0.15) is 5.54 Å². The number of likely N-dealkylation sites (tertiary alicyclic amines) is 2. The topological polar surface area (TPSA) is 60.9 Å². The van der Waals surface area contributed by atoms with Crippen LogP contribution < -0.4 is 0 Å². The molecule has 0 unspecified atom stereocenters. The van der Waals surface area contributed by atoms with Crippen molar-refractivity contribution in [3.05, 3.63) is 35.9 Å². The zero-order valence-electron chi connectivity index (χ0n) is 15.3. The third-order valence-corrected chi connectivity index (χ3v) is 6.69. The van der Waals surface area contributed by atoms with Crippen molar-refractivity contribution >= 4 is 11.9 Å². The van der Waals surface area contributed by atoms with Crippen molar-refractivity contribution in [3.63, 3.8) is 0 Å². The zero-order valence-corrected chi connectivity index (χ0v) is 15.3. The van der Waals surface area contributed by atoms with Gasteiger partial charge in [-0.25, -0.2) is 0 Å². The summed E-state index contributed by atoms with van der Waals surface area (Å²) in [4.78, 5) is 29.7. The summed E-state index contributed by atoms with van der Waals surface area (Å²) in [6, 6.07) is 9.81. The van der Waals surface area contributed by atoms with Gasteiger partial charge in [0, 0.05) is 19.0 Å². The molecule has 0 bridgehead atoms. The fourth-order valence-electron chi connectivity index (χ4n) is 5.32. The fraction of sp³-hybridized carbons (Fsp3) is 0.619. The highest BCUT2D eigenvalue weighted by molar-refractivity contribution is 5.88. The van der Waals surface area contributed by atoms with Gasteiger partial charge in [0.2, 0.25) is 5.91 Å². The van der Waals surface area contributed by atoms with Crippen LogP contribution in [0.2, 0.25) is 0 Å². The molecule has 26 heavy (non-hydrogen) atoms. The maximum Gasteiger partial charge on any atom is 0.308 e. The van der Waals surface area contributed by atoms with E-state index in [1.54, 1.807) is 0 Å². The zero-order chi connectivity index (χ0) is 18.1. The summed E-state index contributed by atoms with van der Waals surface area (Å²) in [7, 11) is 0. The average Bonchev–Trinajstić information content (AvgIpc) is 3.42. The Hall–Kier alpha value is -1.88. The van der Waals surface area contributed by atoms with E-state index >= 15 is 0 Å². The van der Waals surface area contributed by atoms with Crippen LogP contribution in [0.15, 0.2) is 30.3 Å². The lowest BCUT2D eigenvalue weighted by Gasteiger charge is -2.40. The second-order valence-corrected chi connectivity index (χ2v) is 8.10. The first kappa shape index (κ1) is 17.5. The van der Waals surface area contributed by atoms with Crippen molar-refractivity contribution in [2.75, 3.05) is 26.2 Å². The molecule has 5 nitrogen and oxygen atoms in total. The number of carbonyl (C=O) groups excluding carboxylic acids is 1. The number of rotatable bonds is 4. The van der Waals surface area contributed by atoms with Crippen LogP contribution in [0.3, 0.4) is 0 Å². The summed E-state index contributed by atoms with van der Waals surface area (Å²) in [5.41, 5.74) is 0.655. The highest BCUT2D eigenvalue weighted by atomic mass is 16.4. The van der Waals surface area contributed by atoms with Crippen LogP contribution in [-0.4, -0.2) is 58.5 Å². The Morgan fingerprint density at radius 3 is 2.23 bits per heavy atom. The minimum atomic E-state index is -0.796. The number of carboxylic acids is 1. The van der Waals surface area contributed by atoms with Gasteiger partial charge in [-0.15, -0.1) is 0 Å². The number of nitrogens with zero attached hydrogens (tertiary/aromatic N) is 2. The first-order chi connectivity index (χ1) is 12.6. The lowest BCUT2D eigenvalue weighted by Crippen LogP contribution is -2.57. The second-order valence-electron chi connectivity index (χ2n) is 8.10. The van der Waals surface area contributed by atoms with E-state index in [0.29, 0.717) is 13.1 Å². The van der Waals surface area contributed by atoms with Crippen molar-refractivity contribution in [2.45, 2.75) is 50.0 Å². The van der Waals surface area contributed by atoms with Crippen LogP contribution in [0.25, 0.3) is 0 Å². The van der Waals surface area contributed by atoms with Crippen LogP contribution in [0.4, 0.5) is 0 Å². The molecule has 0 radical (unpaired) electrons. The average molecular weight is 356 g/mol. The molecule has 3 aliphatic rings. The van der Waals surface area contributed by atoms with Gasteiger partial charge < -0.3 is 10.0 Å². The number of amides is 1. The summed E-state index contributed by atoms with van der Waals surface area (Å²) in [6.07, 6.45) is 6.38. The summed E-state index contributed by atoms with van der Waals surface area (Å²) in [6.45, 7) is 2.87. The number of benzene rings is 1. The van der Waals surface area contributed by atoms with E-state index < -0.39 is 11.9 Å². The third kappa shape index (κ3) is 2.92. The molecule has 1 N–H and O–H groups in total. The molecule has 140 valence electrons. The first-order valence-corrected chi connectivity index (χ1v) is 9.94. The Morgan fingerprint density at radius 2 is 1.62 bits per heavy atom. The molecule has 1 aromatic carbocycles. The molecule has 1 aliphatic carbocycles. The van der Waals surface area contributed by atoms with E-state index in [4.69, 9.17) is 0 Å². The molecule has 1 saturated carbocycles. The van der Waals surface area contributed by atoms with Crippen LogP contribution in [0.1, 0.15) is 50.0 Å². The highest BCUT2D eigenvalue weighted by Gasteiger charge is 2.51. The molecule has 3 fully saturated rings. The Morgan fingerprint density at radius 1 is 0.962 bits per heavy atom. The molecular formula is C21H28N2O3. The SMILES string of the molecule is O=C(O)[C@@H]1CN(C(=O)C2(N3CCCC3)CCCC2)C[C@H]1c1ccccc1. The van der Waals surface area contributed by atoms with Crippen LogP contribution >= 0.6 is 0 Å². The Bertz CT molecular complexity index is 663. The summed E-state index contributed by atoms with van der Waals surface area (Å²) in [5, 5.41) is 9.74. The third-order valence-electron chi connectivity index (χ3n) is 6.69. The predicted octanol–water partition coefficient (Wildman–Crippen LogP) is 2.72.